The maximum absolute atomic E-state index is 13.9. The molecule has 1 aromatic heterocycles. The van der Waals surface area contributed by atoms with Crippen molar-refractivity contribution in [2.75, 3.05) is 6.54 Å². The molecule has 0 radical (unpaired) electrons. The maximum Gasteiger partial charge on any atom is 0.170 e. The lowest BCUT2D eigenvalue weighted by Gasteiger charge is -2.19. The summed E-state index contributed by atoms with van der Waals surface area (Å²) in [6.07, 6.45) is 0. The van der Waals surface area contributed by atoms with E-state index in [0.717, 1.165) is 18.2 Å². The largest absolute Gasteiger partial charge is 0.456 e. The van der Waals surface area contributed by atoms with Crippen LogP contribution in [0.25, 0.3) is 11.0 Å². The molecule has 0 unspecified atom stereocenters. The minimum absolute atomic E-state index is 0.141. The monoisotopic (exact) mass is 295 g/mol. The van der Waals surface area contributed by atoms with E-state index in [1.54, 1.807) is 0 Å². The third-order valence-corrected chi connectivity index (χ3v) is 3.37. The maximum atomic E-state index is 13.9. The van der Waals surface area contributed by atoms with Gasteiger partial charge in [-0.2, -0.15) is 0 Å². The van der Waals surface area contributed by atoms with Gasteiger partial charge in [0.05, 0.1) is 6.54 Å². The highest BCUT2D eigenvalue weighted by molar-refractivity contribution is 5.84. The van der Waals surface area contributed by atoms with Gasteiger partial charge in [-0.25, -0.2) is 8.78 Å². The summed E-state index contributed by atoms with van der Waals surface area (Å²) in [4.78, 5) is 0. The molecule has 116 valence electrons. The van der Waals surface area contributed by atoms with Crippen LogP contribution >= 0.6 is 0 Å². The molecule has 21 heavy (non-hydrogen) atoms. The van der Waals surface area contributed by atoms with Crippen molar-refractivity contribution in [1.29, 1.82) is 0 Å². The average Bonchev–Trinajstić information content (AvgIpc) is 2.66. The molecule has 0 aliphatic carbocycles. The first-order valence-corrected chi connectivity index (χ1v) is 7.31. The smallest absolute Gasteiger partial charge is 0.170 e. The zero-order valence-corrected chi connectivity index (χ0v) is 13.3. The normalized spacial score (nSPS) is 12.6. The highest BCUT2D eigenvalue weighted by Crippen LogP contribution is 2.37. The second kappa shape index (κ2) is 5.76. The number of fused-ring (bicyclic) bond motifs is 1. The molecule has 0 atom stereocenters. The molecule has 0 spiro atoms. The Balaban J connectivity index is 2.51. The highest BCUT2D eigenvalue weighted by Gasteiger charge is 2.26. The van der Waals surface area contributed by atoms with Crippen LogP contribution in [0.15, 0.2) is 16.5 Å². The fourth-order valence-corrected chi connectivity index (χ4v) is 2.60. The van der Waals surface area contributed by atoms with Gasteiger partial charge in [0, 0.05) is 17.0 Å². The van der Waals surface area contributed by atoms with Gasteiger partial charge in [-0.1, -0.05) is 34.6 Å². The van der Waals surface area contributed by atoms with Gasteiger partial charge in [0.15, 0.2) is 11.4 Å². The number of benzene rings is 1. The van der Waals surface area contributed by atoms with Crippen molar-refractivity contribution in [3.8, 4) is 0 Å². The first-order chi connectivity index (χ1) is 9.70. The molecule has 0 fully saturated rings. The Hall–Kier alpha value is -1.42. The van der Waals surface area contributed by atoms with Gasteiger partial charge in [0.25, 0.3) is 0 Å². The van der Waals surface area contributed by atoms with Gasteiger partial charge in [0.1, 0.15) is 11.6 Å². The van der Waals surface area contributed by atoms with E-state index < -0.39 is 11.6 Å². The van der Waals surface area contributed by atoms with E-state index in [1.807, 2.05) is 20.8 Å². The third-order valence-electron chi connectivity index (χ3n) is 3.37. The van der Waals surface area contributed by atoms with Crippen molar-refractivity contribution in [2.45, 2.75) is 46.6 Å². The first kappa shape index (κ1) is 16.0. The molecule has 1 heterocycles. The number of rotatable bonds is 4. The minimum atomic E-state index is -0.648. The fraction of sp³-hybridized carbons (Fsp3) is 0.529. The molecular weight excluding hydrogens is 272 g/mol. The predicted octanol–water partition coefficient (Wildman–Crippen LogP) is 4.75. The van der Waals surface area contributed by atoms with E-state index in [-0.39, 0.29) is 11.0 Å². The summed E-state index contributed by atoms with van der Waals surface area (Å²) in [5.41, 5.74) is 0.759. The van der Waals surface area contributed by atoms with Crippen molar-refractivity contribution in [2.24, 2.45) is 5.92 Å². The van der Waals surface area contributed by atoms with Crippen LogP contribution in [0.4, 0.5) is 8.78 Å². The van der Waals surface area contributed by atoms with Gasteiger partial charge in [-0.05, 0) is 23.9 Å². The van der Waals surface area contributed by atoms with Crippen LogP contribution in [-0.2, 0) is 12.0 Å². The van der Waals surface area contributed by atoms with E-state index in [2.05, 4.69) is 19.2 Å². The van der Waals surface area contributed by atoms with Gasteiger partial charge >= 0.3 is 0 Å². The van der Waals surface area contributed by atoms with Gasteiger partial charge in [0.2, 0.25) is 0 Å². The average molecular weight is 295 g/mol. The lowest BCUT2D eigenvalue weighted by atomic mass is 9.84. The second-order valence-corrected chi connectivity index (χ2v) is 6.94. The standard InChI is InChI=1S/C17H23F2NO/c1-10(2)8-20-9-14-15(17(3,4)5)12-6-11(18)7-13(19)16(12)21-14/h6-7,10,20H,8-9H2,1-5H3. The molecule has 0 saturated carbocycles. The quantitative estimate of drug-likeness (QED) is 0.880. The summed E-state index contributed by atoms with van der Waals surface area (Å²) >= 11 is 0. The zero-order chi connectivity index (χ0) is 15.8. The van der Waals surface area contributed by atoms with E-state index in [0.29, 0.717) is 23.6 Å². The summed E-state index contributed by atoms with van der Waals surface area (Å²) in [7, 11) is 0. The van der Waals surface area contributed by atoms with Crippen LogP contribution < -0.4 is 5.32 Å². The van der Waals surface area contributed by atoms with Crippen molar-refractivity contribution in [1.82, 2.24) is 5.32 Å². The zero-order valence-electron chi connectivity index (χ0n) is 13.3. The Morgan fingerprint density at radius 2 is 1.86 bits per heavy atom. The fourth-order valence-electron chi connectivity index (χ4n) is 2.60. The SMILES string of the molecule is CC(C)CNCc1oc2c(F)cc(F)cc2c1C(C)(C)C. The second-order valence-electron chi connectivity index (χ2n) is 6.94. The Morgan fingerprint density at radius 3 is 2.43 bits per heavy atom. The van der Waals surface area contributed by atoms with Crippen LogP contribution in [0, 0.1) is 17.6 Å². The van der Waals surface area contributed by atoms with Crippen LogP contribution in [0.3, 0.4) is 0 Å². The Bertz CT molecular complexity index is 638. The summed E-state index contributed by atoms with van der Waals surface area (Å²) in [6.45, 7) is 11.7. The Morgan fingerprint density at radius 1 is 1.19 bits per heavy atom. The van der Waals surface area contributed by atoms with Crippen molar-refractivity contribution in [3.05, 3.63) is 35.1 Å². The highest BCUT2D eigenvalue weighted by atomic mass is 19.1. The minimum Gasteiger partial charge on any atom is -0.456 e. The molecular formula is C17H23F2NO. The number of hydrogen-bond acceptors (Lipinski definition) is 2. The predicted molar refractivity (Wildman–Crippen MR) is 81.4 cm³/mol. The molecule has 2 rings (SSSR count). The number of hydrogen-bond donors (Lipinski definition) is 1. The van der Waals surface area contributed by atoms with E-state index in [1.165, 1.54) is 6.07 Å². The summed E-state index contributed by atoms with van der Waals surface area (Å²) in [5.74, 6) is -0.0251. The molecule has 0 saturated heterocycles. The lowest BCUT2D eigenvalue weighted by Crippen LogP contribution is -2.21. The Labute approximate surface area is 124 Å². The third kappa shape index (κ3) is 3.43. The molecule has 2 aromatic rings. The van der Waals surface area contributed by atoms with Gasteiger partial charge < -0.3 is 9.73 Å². The Kier molecular flexibility index (Phi) is 4.38. The van der Waals surface area contributed by atoms with Crippen molar-refractivity contribution < 1.29 is 13.2 Å². The van der Waals surface area contributed by atoms with Crippen LogP contribution in [0.5, 0.6) is 0 Å². The number of furan rings is 1. The van der Waals surface area contributed by atoms with Crippen LogP contribution in [0.1, 0.15) is 45.9 Å². The van der Waals surface area contributed by atoms with Crippen molar-refractivity contribution in [3.63, 3.8) is 0 Å². The molecule has 4 heteroatoms. The van der Waals surface area contributed by atoms with E-state index in [4.69, 9.17) is 4.42 Å². The molecule has 0 amide bonds. The van der Waals surface area contributed by atoms with Crippen LogP contribution in [-0.4, -0.2) is 6.54 Å². The molecule has 1 aromatic carbocycles. The summed E-state index contributed by atoms with van der Waals surface area (Å²) < 4.78 is 33.1. The van der Waals surface area contributed by atoms with E-state index in [9.17, 15) is 8.78 Å². The molecule has 0 aliphatic heterocycles. The summed E-state index contributed by atoms with van der Waals surface area (Å²) in [6, 6.07) is 2.22. The topological polar surface area (TPSA) is 25.2 Å². The molecule has 1 N–H and O–H groups in total. The van der Waals surface area contributed by atoms with E-state index >= 15 is 0 Å². The van der Waals surface area contributed by atoms with Crippen LogP contribution in [0.2, 0.25) is 0 Å². The lowest BCUT2D eigenvalue weighted by molar-refractivity contribution is 0.456. The van der Waals surface area contributed by atoms with Crippen molar-refractivity contribution >= 4 is 11.0 Å². The van der Waals surface area contributed by atoms with Gasteiger partial charge in [-0.15, -0.1) is 0 Å². The summed E-state index contributed by atoms with van der Waals surface area (Å²) in [5, 5.41) is 3.83. The molecule has 2 nitrogen and oxygen atoms in total. The first-order valence-electron chi connectivity index (χ1n) is 7.31. The number of halogens is 2. The van der Waals surface area contributed by atoms with Gasteiger partial charge in [-0.3, -0.25) is 0 Å². The molecule has 0 bridgehead atoms. The molecule has 0 aliphatic rings. The number of nitrogens with one attached hydrogen (secondary N) is 1.